The molecular formula is C21H24N2O3. The molecule has 0 N–H and O–H groups in total. The maximum absolute atomic E-state index is 12.4. The van der Waals surface area contributed by atoms with Crippen molar-refractivity contribution in [2.45, 2.75) is 26.8 Å². The van der Waals surface area contributed by atoms with Crippen molar-refractivity contribution in [3.8, 4) is 0 Å². The Bertz CT molecular complexity index is 787. The number of carbonyl (C=O) groups is 3. The molecular weight excluding hydrogens is 328 g/mol. The highest BCUT2D eigenvalue weighted by Crippen LogP contribution is 2.18. The second-order valence-corrected chi connectivity index (χ2v) is 6.26. The molecule has 2 rings (SSSR count). The summed E-state index contributed by atoms with van der Waals surface area (Å²) in [6.07, 6.45) is 0.215. The molecule has 0 aliphatic rings. The topological polar surface area (TPSA) is 57.7 Å². The third-order valence-electron chi connectivity index (χ3n) is 4.18. The van der Waals surface area contributed by atoms with Crippen molar-refractivity contribution in [3.05, 3.63) is 65.7 Å². The summed E-state index contributed by atoms with van der Waals surface area (Å²) in [6.45, 7) is 3.74. The average Bonchev–Trinajstić information content (AvgIpc) is 2.62. The highest BCUT2D eigenvalue weighted by Gasteiger charge is 2.16. The van der Waals surface area contributed by atoms with Crippen molar-refractivity contribution in [2.75, 3.05) is 18.5 Å². The highest BCUT2D eigenvalue weighted by molar-refractivity contribution is 5.97. The van der Waals surface area contributed by atoms with E-state index < -0.39 is 0 Å². The second-order valence-electron chi connectivity index (χ2n) is 6.26. The van der Waals surface area contributed by atoms with Gasteiger partial charge in [0.1, 0.15) is 0 Å². The number of Topliss-reactive ketones (excluding diaryl/α,β-unsaturated/α-hetero) is 1. The van der Waals surface area contributed by atoms with E-state index in [9.17, 15) is 14.4 Å². The molecule has 0 aliphatic heterocycles. The first kappa shape index (κ1) is 19.4. The normalized spacial score (nSPS) is 10.3. The first-order chi connectivity index (χ1) is 12.4. The number of rotatable bonds is 7. The zero-order valence-electron chi connectivity index (χ0n) is 15.4. The monoisotopic (exact) mass is 352 g/mol. The lowest BCUT2D eigenvalue weighted by Gasteiger charge is -2.23. The number of hydrogen-bond donors (Lipinski definition) is 0. The number of benzene rings is 2. The molecule has 26 heavy (non-hydrogen) atoms. The van der Waals surface area contributed by atoms with Gasteiger partial charge in [-0.05, 0) is 24.6 Å². The summed E-state index contributed by atoms with van der Waals surface area (Å²) in [7, 11) is 1.75. The summed E-state index contributed by atoms with van der Waals surface area (Å²) < 4.78 is 0. The molecule has 0 atom stereocenters. The lowest BCUT2D eigenvalue weighted by molar-refractivity contribution is -0.130. The van der Waals surface area contributed by atoms with E-state index >= 15 is 0 Å². The van der Waals surface area contributed by atoms with Crippen LogP contribution in [0.1, 0.15) is 36.2 Å². The Morgan fingerprint density at radius 3 is 2.23 bits per heavy atom. The van der Waals surface area contributed by atoms with E-state index in [0.717, 1.165) is 5.56 Å². The van der Waals surface area contributed by atoms with E-state index in [1.165, 1.54) is 18.7 Å². The highest BCUT2D eigenvalue weighted by atomic mass is 16.2. The molecule has 0 aliphatic carbocycles. The van der Waals surface area contributed by atoms with Crippen molar-refractivity contribution in [3.63, 3.8) is 0 Å². The van der Waals surface area contributed by atoms with Crippen LogP contribution in [0.15, 0.2) is 54.6 Å². The van der Waals surface area contributed by atoms with E-state index in [4.69, 9.17) is 0 Å². The van der Waals surface area contributed by atoms with Gasteiger partial charge >= 0.3 is 0 Å². The van der Waals surface area contributed by atoms with E-state index in [2.05, 4.69) is 0 Å². The molecule has 0 aromatic heterocycles. The minimum absolute atomic E-state index is 0.0391. The van der Waals surface area contributed by atoms with Crippen molar-refractivity contribution >= 4 is 23.3 Å². The van der Waals surface area contributed by atoms with E-state index in [0.29, 0.717) is 17.8 Å². The maximum atomic E-state index is 12.4. The summed E-state index contributed by atoms with van der Waals surface area (Å²) >= 11 is 0. The van der Waals surface area contributed by atoms with Gasteiger partial charge in [-0.15, -0.1) is 0 Å². The lowest BCUT2D eigenvalue weighted by atomic mass is 10.1. The minimum atomic E-state index is -0.163. The van der Waals surface area contributed by atoms with Gasteiger partial charge in [-0.1, -0.05) is 42.5 Å². The SMILES string of the molecule is CC(=O)c1cccc(N(CCC(=O)N(C)Cc2ccccc2)C(C)=O)c1. The van der Waals surface area contributed by atoms with Crippen LogP contribution >= 0.6 is 0 Å². The van der Waals surface area contributed by atoms with Gasteiger partial charge in [-0.2, -0.15) is 0 Å². The third kappa shape index (κ3) is 5.28. The largest absolute Gasteiger partial charge is 0.341 e. The van der Waals surface area contributed by atoms with Crippen molar-refractivity contribution in [1.82, 2.24) is 4.90 Å². The van der Waals surface area contributed by atoms with Crippen LogP contribution in [-0.2, 0) is 16.1 Å². The number of ketones is 1. The van der Waals surface area contributed by atoms with E-state index in [1.807, 2.05) is 30.3 Å². The Labute approximate surface area is 154 Å². The van der Waals surface area contributed by atoms with Crippen LogP contribution in [0.5, 0.6) is 0 Å². The Morgan fingerprint density at radius 1 is 0.923 bits per heavy atom. The van der Waals surface area contributed by atoms with Gasteiger partial charge in [0.05, 0.1) is 0 Å². The predicted octanol–water partition coefficient (Wildman–Crippen LogP) is 3.29. The van der Waals surface area contributed by atoms with Crippen LogP contribution in [-0.4, -0.2) is 36.1 Å². The molecule has 2 amide bonds. The smallest absolute Gasteiger partial charge is 0.224 e. The zero-order chi connectivity index (χ0) is 19.1. The van der Waals surface area contributed by atoms with Crippen LogP contribution in [0, 0.1) is 0 Å². The van der Waals surface area contributed by atoms with Gasteiger partial charge in [0.2, 0.25) is 11.8 Å². The molecule has 2 aromatic rings. The number of amides is 2. The van der Waals surface area contributed by atoms with Crippen molar-refractivity contribution in [2.24, 2.45) is 0 Å². The lowest BCUT2D eigenvalue weighted by Crippen LogP contribution is -2.34. The molecule has 136 valence electrons. The number of anilines is 1. The first-order valence-corrected chi connectivity index (χ1v) is 8.55. The van der Waals surface area contributed by atoms with E-state index in [-0.39, 0.29) is 30.6 Å². The first-order valence-electron chi connectivity index (χ1n) is 8.55. The van der Waals surface area contributed by atoms with Crippen molar-refractivity contribution in [1.29, 1.82) is 0 Å². The second kappa shape index (κ2) is 8.94. The van der Waals surface area contributed by atoms with Gasteiger partial charge in [0.15, 0.2) is 5.78 Å². The number of hydrogen-bond acceptors (Lipinski definition) is 3. The molecule has 5 nitrogen and oxygen atoms in total. The van der Waals surface area contributed by atoms with Crippen LogP contribution in [0.2, 0.25) is 0 Å². The fourth-order valence-electron chi connectivity index (χ4n) is 2.70. The summed E-state index contributed by atoms with van der Waals surface area (Å²) in [6, 6.07) is 16.7. The van der Waals surface area contributed by atoms with Crippen LogP contribution < -0.4 is 4.90 Å². The summed E-state index contributed by atoms with van der Waals surface area (Å²) in [5.41, 5.74) is 2.23. The number of nitrogens with zero attached hydrogens (tertiary/aromatic N) is 2. The van der Waals surface area contributed by atoms with Crippen LogP contribution in [0.3, 0.4) is 0 Å². The Hall–Kier alpha value is -2.95. The molecule has 0 saturated heterocycles. The van der Waals surface area contributed by atoms with Gasteiger partial charge in [-0.3, -0.25) is 14.4 Å². The molecule has 0 bridgehead atoms. The molecule has 0 heterocycles. The number of carbonyl (C=O) groups excluding carboxylic acids is 3. The molecule has 0 spiro atoms. The fourth-order valence-corrected chi connectivity index (χ4v) is 2.70. The maximum Gasteiger partial charge on any atom is 0.224 e. The summed E-state index contributed by atoms with van der Waals surface area (Å²) in [4.78, 5) is 39.2. The van der Waals surface area contributed by atoms with Gasteiger partial charge in [0, 0.05) is 44.7 Å². The van der Waals surface area contributed by atoms with Crippen LogP contribution in [0.25, 0.3) is 0 Å². The third-order valence-corrected chi connectivity index (χ3v) is 4.18. The Kier molecular flexibility index (Phi) is 6.67. The predicted molar refractivity (Wildman–Crippen MR) is 102 cm³/mol. The van der Waals surface area contributed by atoms with Gasteiger partial charge < -0.3 is 9.80 Å². The van der Waals surface area contributed by atoms with Gasteiger partial charge in [-0.25, -0.2) is 0 Å². The molecule has 5 heteroatoms. The Balaban J connectivity index is 2.02. The molecule has 0 radical (unpaired) electrons. The summed E-state index contributed by atoms with van der Waals surface area (Å²) in [5, 5.41) is 0. The molecule has 0 saturated carbocycles. The van der Waals surface area contributed by atoms with Gasteiger partial charge in [0.25, 0.3) is 0 Å². The van der Waals surface area contributed by atoms with Crippen molar-refractivity contribution < 1.29 is 14.4 Å². The minimum Gasteiger partial charge on any atom is -0.341 e. The quantitative estimate of drug-likeness (QED) is 0.719. The molecule has 0 fully saturated rings. The molecule has 2 aromatic carbocycles. The summed E-state index contributed by atoms with van der Waals surface area (Å²) in [5.74, 6) is -0.263. The van der Waals surface area contributed by atoms with Crippen LogP contribution in [0.4, 0.5) is 5.69 Å². The standard InChI is InChI=1S/C21H24N2O3/c1-16(24)19-10-7-11-20(14-19)23(17(2)25)13-12-21(26)22(3)15-18-8-5-4-6-9-18/h4-11,14H,12-13,15H2,1-3H3. The molecule has 0 unspecified atom stereocenters. The van der Waals surface area contributed by atoms with E-state index in [1.54, 1.807) is 36.2 Å². The zero-order valence-corrected chi connectivity index (χ0v) is 15.4. The average molecular weight is 352 g/mol. The fraction of sp³-hybridized carbons (Fsp3) is 0.286. The Morgan fingerprint density at radius 2 is 1.62 bits per heavy atom.